The van der Waals surface area contributed by atoms with Crippen molar-refractivity contribution in [2.45, 2.75) is 19.6 Å². The summed E-state index contributed by atoms with van der Waals surface area (Å²) in [6.07, 6.45) is 0. The number of ether oxygens (including phenoxy) is 4. The van der Waals surface area contributed by atoms with Crippen molar-refractivity contribution < 1.29 is 71.6 Å². The van der Waals surface area contributed by atoms with Gasteiger partial charge in [-0.05, 0) is 94.6 Å². The van der Waals surface area contributed by atoms with Gasteiger partial charge in [0, 0.05) is 111 Å². The molecule has 14 rings (SSSR count). The standard InChI is InChI=1S/C23H20F2N2O.C19H12BrF2N.C15H20F2N2OSi.C10H11F2IN2O.C10H12F2N2O.C6H2Br2F2/c24-19-15-20(22(25)21(16-19)27-11-13-28-14-12-27)26-23(17-7-3-1-4-8-17)18-9-5-2-6-10-18;20-16-11-15(21)12-17(18(16)22)23-19(13-7-3-1-4-8-13)14-9-5-2-6-10-14;1-21(2,3)9-4-11-12(16)10-13(14(17)15(11)18)19-5-7-20-8-6-19;11-6-5-7(8(12)10(14)9(6)13)15-1-3-16-4-2-15;11-7-5-8(13)10(12)9(6-7)14-1-3-15-4-2-14;7-4-1-3(9)2-5(8)6(4)10/h1-10,15-16H,11-14H2;1-12H;10H,5-8,18H2,1-3H3;5H,1-4,14H2;5-6H,1-4,13H2;1-2H. The number of nitrogens with two attached hydrogens (primary N) is 3. The van der Waals surface area contributed by atoms with Crippen molar-refractivity contribution in [1.82, 2.24) is 0 Å². The van der Waals surface area contributed by atoms with Crippen molar-refractivity contribution >= 4 is 141 Å². The van der Waals surface area contributed by atoms with Gasteiger partial charge in [-0.2, -0.15) is 0 Å². The van der Waals surface area contributed by atoms with Gasteiger partial charge in [0.2, 0.25) is 0 Å². The molecule has 0 amide bonds. The summed E-state index contributed by atoms with van der Waals surface area (Å²) >= 11 is 10.4. The quantitative estimate of drug-likeness (QED) is 0.0175. The average Bonchev–Trinajstić information content (AvgIpc) is 0.814. The van der Waals surface area contributed by atoms with Crippen LogP contribution in [0.15, 0.2) is 205 Å². The van der Waals surface area contributed by atoms with E-state index in [1.54, 1.807) is 42.2 Å². The molecule has 0 radical (unpaired) electrons. The number of hydrogen-bond donors (Lipinski definition) is 3. The highest BCUT2D eigenvalue weighted by Crippen LogP contribution is 2.36. The molecule has 10 aromatic carbocycles. The molecule has 0 unspecified atom stereocenters. The molecule has 4 aliphatic heterocycles. The Balaban J connectivity index is 0.000000159. The lowest BCUT2D eigenvalue weighted by Crippen LogP contribution is -2.37. The molecule has 0 aliphatic carbocycles. The van der Waals surface area contributed by atoms with E-state index in [1.165, 1.54) is 18.2 Å². The van der Waals surface area contributed by atoms with Crippen LogP contribution in [0.2, 0.25) is 19.6 Å². The molecule has 30 heteroatoms. The van der Waals surface area contributed by atoms with Gasteiger partial charge >= 0.3 is 0 Å². The van der Waals surface area contributed by atoms with Crippen LogP contribution in [0.4, 0.5) is 104 Å². The minimum atomic E-state index is -1.68. The minimum Gasteiger partial charge on any atom is -0.396 e. The van der Waals surface area contributed by atoms with Crippen LogP contribution in [0.5, 0.6) is 0 Å². The number of aliphatic imine (C=N–C) groups is 2. The van der Waals surface area contributed by atoms with Gasteiger partial charge < -0.3 is 55.7 Å². The molecule has 594 valence electrons. The number of morpholine rings is 4. The fourth-order valence-corrected chi connectivity index (χ4v) is 13.8. The van der Waals surface area contributed by atoms with Crippen molar-refractivity contribution in [3.8, 4) is 11.5 Å². The molecule has 4 fully saturated rings. The highest BCUT2D eigenvalue weighted by Gasteiger charge is 2.26. The Labute approximate surface area is 687 Å². The maximum absolute atomic E-state index is 15.3. The van der Waals surface area contributed by atoms with Crippen LogP contribution in [0.3, 0.4) is 0 Å². The first-order chi connectivity index (χ1) is 54.1. The minimum absolute atomic E-state index is 0.0100. The summed E-state index contributed by atoms with van der Waals surface area (Å²) in [6.45, 7) is 14.5. The zero-order valence-electron chi connectivity index (χ0n) is 61.2. The Hall–Kier alpha value is -8.91. The molecular weight excluding hydrogens is 1810 g/mol. The number of benzene rings is 10. The van der Waals surface area contributed by atoms with Gasteiger partial charge in [0.05, 0.1) is 127 Å². The maximum atomic E-state index is 15.3. The smallest absolute Gasteiger partial charge is 0.172 e. The molecule has 4 aliphatic rings. The van der Waals surface area contributed by atoms with E-state index in [2.05, 4.69) is 69.2 Å². The molecule has 0 saturated carbocycles. The highest BCUT2D eigenvalue weighted by molar-refractivity contribution is 14.1. The Kier molecular flexibility index (Phi) is 33.1. The van der Waals surface area contributed by atoms with E-state index in [4.69, 9.17) is 36.1 Å². The maximum Gasteiger partial charge on any atom is 0.172 e. The summed E-state index contributed by atoms with van der Waals surface area (Å²) in [5.41, 5.74) is 24.4. The summed E-state index contributed by atoms with van der Waals surface area (Å²) < 4.78 is 186. The van der Waals surface area contributed by atoms with E-state index < -0.39 is 77.9 Å². The first kappa shape index (κ1) is 88.0. The van der Waals surface area contributed by atoms with Crippen LogP contribution < -0.4 is 36.8 Å². The number of rotatable bonds is 10. The summed E-state index contributed by atoms with van der Waals surface area (Å²) in [7, 11) is -1.68. The van der Waals surface area contributed by atoms with Crippen molar-refractivity contribution in [2.75, 3.05) is 142 Å². The number of anilines is 7. The number of nitrogen functional groups attached to an aromatic ring is 3. The van der Waals surface area contributed by atoms with E-state index in [-0.39, 0.29) is 73.7 Å². The van der Waals surface area contributed by atoms with E-state index in [0.29, 0.717) is 117 Å². The summed E-state index contributed by atoms with van der Waals surface area (Å²) in [5, 5.41) is 0. The zero-order chi connectivity index (χ0) is 81.5. The third kappa shape index (κ3) is 25.0. The van der Waals surface area contributed by atoms with Gasteiger partial charge in [-0.15, -0.1) is 5.54 Å². The average molecular weight is 1890 g/mol. The summed E-state index contributed by atoms with van der Waals surface area (Å²) in [6, 6.07) is 49.1. The number of halogens is 16. The third-order valence-corrected chi connectivity index (χ3v) is 20.7. The van der Waals surface area contributed by atoms with E-state index in [9.17, 15) is 48.3 Å². The normalized spacial score (nSPS) is 13.9. The van der Waals surface area contributed by atoms with Crippen molar-refractivity contribution in [3.63, 3.8) is 0 Å². The monoisotopic (exact) mass is 1880 g/mol. The molecule has 0 aromatic heterocycles. The number of nitrogens with zero attached hydrogens (tertiary/aromatic N) is 6. The van der Waals surface area contributed by atoms with E-state index >= 15 is 4.39 Å². The lowest BCUT2D eigenvalue weighted by molar-refractivity contribution is 0.122. The predicted octanol–water partition coefficient (Wildman–Crippen LogP) is 20.3. The zero-order valence-corrected chi connectivity index (χ0v) is 69.1. The van der Waals surface area contributed by atoms with Crippen molar-refractivity contribution in [2.24, 2.45) is 9.98 Å². The number of hydrogen-bond acceptors (Lipinski definition) is 13. The first-order valence-corrected chi connectivity index (χ1v) is 42.1. The lowest BCUT2D eigenvalue weighted by Gasteiger charge is -2.29. The van der Waals surface area contributed by atoms with Crippen LogP contribution in [-0.4, -0.2) is 125 Å². The van der Waals surface area contributed by atoms with Gasteiger partial charge in [-0.3, -0.25) is 0 Å². The summed E-state index contributed by atoms with van der Waals surface area (Å²) in [5.74, 6) is -3.68. The second-order valence-electron chi connectivity index (χ2n) is 26.2. The molecule has 113 heavy (non-hydrogen) atoms. The highest BCUT2D eigenvalue weighted by atomic mass is 127. The largest absolute Gasteiger partial charge is 0.396 e. The second-order valence-corrected chi connectivity index (χ2v) is 34.6. The van der Waals surface area contributed by atoms with Crippen LogP contribution >= 0.6 is 70.4 Å². The molecular formula is C83H77Br3F12IN9O4Si. The SMILES string of the molecule is C[Si](C)(C)C#Cc1c(F)cc(N2CCOCC2)c(F)c1N.Fc1cc(Br)c(F)c(Br)c1.Fc1cc(Br)c(F)c(N=C(c2ccccc2)c2ccccc2)c1.Fc1cc(N=C(c2ccccc2)c2ccccc2)c(F)c(N2CCOCC2)c1.Nc1c(F)c(N2CCOCC2)cc(F)c1I.Nc1cc(F)cc(N2CCOCC2)c1F. The second kappa shape index (κ2) is 42.4. The fourth-order valence-electron chi connectivity index (χ4n) is 11.4. The molecule has 0 atom stereocenters. The van der Waals surface area contributed by atoms with Crippen LogP contribution in [0.1, 0.15) is 27.8 Å². The topological polar surface area (TPSA) is 153 Å². The molecule has 6 N–H and O–H groups in total. The Morgan fingerprint density at radius 2 is 0.673 bits per heavy atom. The Bertz CT molecular complexity index is 4900. The van der Waals surface area contributed by atoms with Gasteiger partial charge in [0.1, 0.15) is 54.4 Å². The molecule has 13 nitrogen and oxygen atoms in total. The van der Waals surface area contributed by atoms with Gasteiger partial charge in [-0.25, -0.2) is 62.7 Å². The van der Waals surface area contributed by atoms with Crippen molar-refractivity contribution in [3.05, 3.63) is 297 Å². The molecule has 0 bridgehead atoms. The molecule has 10 aromatic rings. The predicted molar refractivity (Wildman–Crippen MR) is 446 cm³/mol. The lowest BCUT2D eigenvalue weighted by atomic mass is 10.0. The van der Waals surface area contributed by atoms with Crippen LogP contribution in [0, 0.1) is 84.8 Å². The first-order valence-electron chi connectivity index (χ1n) is 35.2. The third-order valence-electron chi connectivity index (χ3n) is 17.0. The van der Waals surface area contributed by atoms with Gasteiger partial charge in [0.25, 0.3) is 0 Å². The van der Waals surface area contributed by atoms with Crippen molar-refractivity contribution in [1.29, 1.82) is 0 Å². The van der Waals surface area contributed by atoms with Crippen LogP contribution in [0.25, 0.3) is 0 Å². The van der Waals surface area contributed by atoms with Gasteiger partial charge in [0.15, 0.2) is 34.9 Å². The molecule has 4 heterocycles. The molecule has 4 saturated heterocycles. The summed E-state index contributed by atoms with van der Waals surface area (Å²) in [4.78, 5) is 16.0. The molecule has 0 spiro atoms. The van der Waals surface area contributed by atoms with Gasteiger partial charge in [-0.1, -0.05) is 147 Å². The Morgan fingerprint density at radius 1 is 0.372 bits per heavy atom. The fraction of sp³-hybridized carbons (Fsp3) is 0.229. The van der Waals surface area contributed by atoms with E-state index in [1.807, 2.05) is 141 Å². The van der Waals surface area contributed by atoms with E-state index in [0.717, 1.165) is 64.7 Å². The van der Waals surface area contributed by atoms with Crippen LogP contribution in [-0.2, 0) is 18.9 Å². The Morgan fingerprint density at radius 3 is 1.04 bits per heavy atom.